The number of carbonyl (C=O) groups is 1. The number of carboxylic acid groups (broad SMARTS) is 1. The van der Waals surface area contributed by atoms with Crippen molar-refractivity contribution >= 4 is 5.97 Å². The Morgan fingerprint density at radius 3 is 2.71 bits per heavy atom. The molecule has 2 N–H and O–H groups in total. The first-order valence-electron chi connectivity index (χ1n) is 5.13. The van der Waals surface area contributed by atoms with E-state index in [4.69, 9.17) is 5.11 Å². The number of hydrogen-bond donors (Lipinski definition) is 2. The maximum Gasteiger partial charge on any atom is 0.303 e. The average Bonchev–Trinajstić information content (AvgIpc) is 2.63. The Morgan fingerprint density at radius 2 is 2.07 bits per heavy atom. The van der Waals surface area contributed by atoms with E-state index in [1.165, 1.54) is 5.69 Å². The van der Waals surface area contributed by atoms with Crippen LogP contribution in [-0.2, 0) is 11.2 Å². The molecule has 1 heterocycles. The van der Waals surface area contributed by atoms with Gasteiger partial charge < -0.3 is 10.1 Å². The number of aromatic amines is 1. The van der Waals surface area contributed by atoms with Crippen molar-refractivity contribution in [2.24, 2.45) is 0 Å². The maximum atomic E-state index is 10.2. The van der Waals surface area contributed by atoms with E-state index < -0.39 is 5.97 Å². The molecule has 0 amide bonds. The standard InChI is InChI=1S/C11H17NO2/c13-11(14)8-4-2-1-3-6-10-7-5-9-12-10/h5,7,9,12H,1-4,6,8H2,(H,13,14). The van der Waals surface area contributed by atoms with Gasteiger partial charge in [0.25, 0.3) is 0 Å². The van der Waals surface area contributed by atoms with E-state index in [0.29, 0.717) is 6.42 Å². The Morgan fingerprint density at radius 1 is 1.29 bits per heavy atom. The summed E-state index contributed by atoms with van der Waals surface area (Å²) >= 11 is 0. The lowest BCUT2D eigenvalue weighted by Crippen LogP contribution is -1.93. The fourth-order valence-electron chi connectivity index (χ4n) is 1.47. The van der Waals surface area contributed by atoms with Gasteiger partial charge in [-0.05, 0) is 31.4 Å². The normalized spacial score (nSPS) is 10.3. The van der Waals surface area contributed by atoms with Gasteiger partial charge in [0, 0.05) is 18.3 Å². The van der Waals surface area contributed by atoms with Crippen molar-refractivity contribution in [3.63, 3.8) is 0 Å². The van der Waals surface area contributed by atoms with E-state index in [0.717, 1.165) is 32.1 Å². The van der Waals surface area contributed by atoms with Crippen molar-refractivity contribution in [1.82, 2.24) is 4.98 Å². The monoisotopic (exact) mass is 195 g/mol. The number of carboxylic acids is 1. The summed E-state index contributed by atoms with van der Waals surface area (Å²) in [7, 11) is 0. The van der Waals surface area contributed by atoms with Crippen LogP contribution in [0.5, 0.6) is 0 Å². The molecular formula is C11H17NO2. The average molecular weight is 195 g/mol. The quantitative estimate of drug-likeness (QED) is 0.657. The van der Waals surface area contributed by atoms with Gasteiger partial charge in [0.15, 0.2) is 0 Å². The Kier molecular flexibility index (Phi) is 4.83. The van der Waals surface area contributed by atoms with Crippen LogP contribution in [0.3, 0.4) is 0 Å². The topological polar surface area (TPSA) is 53.1 Å². The Hall–Kier alpha value is -1.25. The summed E-state index contributed by atoms with van der Waals surface area (Å²) in [6, 6.07) is 4.08. The molecule has 1 aromatic rings. The third kappa shape index (κ3) is 4.70. The molecule has 0 aromatic carbocycles. The highest BCUT2D eigenvalue weighted by molar-refractivity contribution is 5.66. The van der Waals surface area contributed by atoms with Crippen molar-refractivity contribution in [1.29, 1.82) is 0 Å². The Bertz CT molecular complexity index is 254. The van der Waals surface area contributed by atoms with Gasteiger partial charge in [-0.2, -0.15) is 0 Å². The van der Waals surface area contributed by atoms with E-state index >= 15 is 0 Å². The largest absolute Gasteiger partial charge is 0.481 e. The third-order valence-corrected chi connectivity index (χ3v) is 2.25. The first-order valence-corrected chi connectivity index (χ1v) is 5.13. The number of aliphatic carboxylic acids is 1. The highest BCUT2D eigenvalue weighted by Crippen LogP contribution is 2.07. The summed E-state index contributed by atoms with van der Waals surface area (Å²) in [4.78, 5) is 13.4. The minimum atomic E-state index is -0.686. The van der Waals surface area contributed by atoms with Gasteiger partial charge in [0.2, 0.25) is 0 Å². The van der Waals surface area contributed by atoms with Gasteiger partial charge in [-0.15, -0.1) is 0 Å². The highest BCUT2D eigenvalue weighted by Gasteiger charge is 1.97. The Labute approximate surface area is 84.2 Å². The number of hydrogen-bond acceptors (Lipinski definition) is 1. The van der Waals surface area contributed by atoms with Crippen molar-refractivity contribution in [3.8, 4) is 0 Å². The summed E-state index contributed by atoms with van der Waals surface area (Å²) in [6.07, 6.45) is 7.39. The zero-order valence-corrected chi connectivity index (χ0v) is 8.33. The Balaban J connectivity index is 1.92. The molecule has 3 heteroatoms. The molecule has 0 bridgehead atoms. The van der Waals surface area contributed by atoms with Gasteiger partial charge in [0.1, 0.15) is 0 Å². The number of H-pyrrole nitrogens is 1. The summed E-state index contributed by atoms with van der Waals surface area (Å²) < 4.78 is 0. The first-order chi connectivity index (χ1) is 6.79. The van der Waals surface area contributed by atoms with Crippen LogP contribution in [0.2, 0.25) is 0 Å². The molecule has 0 aliphatic carbocycles. The number of rotatable bonds is 7. The fraction of sp³-hybridized carbons (Fsp3) is 0.545. The molecule has 0 aliphatic rings. The van der Waals surface area contributed by atoms with E-state index in [1.54, 1.807) is 0 Å². The lowest BCUT2D eigenvalue weighted by atomic mass is 10.1. The molecular weight excluding hydrogens is 178 g/mol. The second-order valence-electron chi connectivity index (χ2n) is 3.50. The van der Waals surface area contributed by atoms with Crippen molar-refractivity contribution in [2.75, 3.05) is 0 Å². The molecule has 0 spiro atoms. The molecule has 14 heavy (non-hydrogen) atoms. The summed E-state index contributed by atoms with van der Waals surface area (Å²) in [5.74, 6) is -0.686. The van der Waals surface area contributed by atoms with E-state index in [1.807, 2.05) is 12.3 Å². The summed E-state index contributed by atoms with van der Waals surface area (Å²) in [5, 5.41) is 8.42. The molecule has 78 valence electrons. The van der Waals surface area contributed by atoms with Gasteiger partial charge in [-0.3, -0.25) is 4.79 Å². The lowest BCUT2D eigenvalue weighted by Gasteiger charge is -1.98. The predicted octanol–water partition coefficient (Wildman–Crippen LogP) is 2.59. The van der Waals surface area contributed by atoms with Gasteiger partial charge in [-0.1, -0.05) is 12.8 Å². The van der Waals surface area contributed by atoms with Crippen LogP contribution in [0.1, 0.15) is 37.8 Å². The molecule has 1 aromatic heterocycles. The molecule has 0 radical (unpaired) electrons. The number of aryl methyl sites for hydroxylation is 1. The SMILES string of the molecule is O=C(O)CCCCCCc1ccc[nH]1. The van der Waals surface area contributed by atoms with Crippen LogP contribution in [-0.4, -0.2) is 16.1 Å². The number of aromatic nitrogens is 1. The van der Waals surface area contributed by atoms with Crippen LogP contribution < -0.4 is 0 Å². The molecule has 3 nitrogen and oxygen atoms in total. The van der Waals surface area contributed by atoms with Crippen LogP contribution >= 0.6 is 0 Å². The van der Waals surface area contributed by atoms with E-state index in [-0.39, 0.29) is 0 Å². The zero-order chi connectivity index (χ0) is 10.2. The first kappa shape index (κ1) is 10.8. The third-order valence-electron chi connectivity index (χ3n) is 2.25. The molecule has 0 saturated heterocycles. The summed E-state index contributed by atoms with van der Waals surface area (Å²) in [6.45, 7) is 0. The maximum absolute atomic E-state index is 10.2. The molecule has 1 rings (SSSR count). The molecule has 0 fully saturated rings. The van der Waals surface area contributed by atoms with Gasteiger partial charge in [-0.25, -0.2) is 0 Å². The molecule has 0 saturated carbocycles. The summed E-state index contributed by atoms with van der Waals surface area (Å²) in [5.41, 5.74) is 1.27. The zero-order valence-electron chi connectivity index (χ0n) is 8.33. The fourth-order valence-corrected chi connectivity index (χ4v) is 1.47. The van der Waals surface area contributed by atoms with Crippen LogP contribution in [0, 0.1) is 0 Å². The highest BCUT2D eigenvalue weighted by atomic mass is 16.4. The molecule has 0 aliphatic heterocycles. The minimum absolute atomic E-state index is 0.308. The van der Waals surface area contributed by atoms with E-state index in [2.05, 4.69) is 11.1 Å². The second-order valence-corrected chi connectivity index (χ2v) is 3.50. The molecule has 0 unspecified atom stereocenters. The van der Waals surface area contributed by atoms with Crippen LogP contribution in [0.4, 0.5) is 0 Å². The van der Waals surface area contributed by atoms with Crippen molar-refractivity contribution in [2.45, 2.75) is 38.5 Å². The van der Waals surface area contributed by atoms with Crippen LogP contribution in [0.15, 0.2) is 18.3 Å². The minimum Gasteiger partial charge on any atom is -0.481 e. The molecule has 0 atom stereocenters. The number of unbranched alkanes of at least 4 members (excludes halogenated alkanes) is 3. The smallest absolute Gasteiger partial charge is 0.303 e. The predicted molar refractivity (Wildman–Crippen MR) is 55.2 cm³/mol. The second kappa shape index (κ2) is 6.24. The van der Waals surface area contributed by atoms with Gasteiger partial charge >= 0.3 is 5.97 Å². The van der Waals surface area contributed by atoms with E-state index in [9.17, 15) is 4.79 Å². The van der Waals surface area contributed by atoms with Crippen molar-refractivity contribution < 1.29 is 9.90 Å². The van der Waals surface area contributed by atoms with Crippen LogP contribution in [0.25, 0.3) is 0 Å². The lowest BCUT2D eigenvalue weighted by molar-refractivity contribution is -0.137. The van der Waals surface area contributed by atoms with Crippen molar-refractivity contribution in [3.05, 3.63) is 24.0 Å². The van der Waals surface area contributed by atoms with Gasteiger partial charge in [0.05, 0.1) is 0 Å². The number of nitrogens with one attached hydrogen (secondary N) is 1.